The summed E-state index contributed by atoms with van der Waals surface area (Å²) in [7, 11) is 1.54. The van der Waals surface area contributed by atoms with E-state index in [0.717, 1.165) is 51.4 Å². The van der Waals surface area contributed by atoms with Crippen molar-refractivity contribution < 1.29 is 32.9 Å². The molecule has 0 spiro atoms. The average molecular weight is 740 g/mol. The lowest BCUT2D eigenvalue weighted by Gasteiger charge is -2.25. The Kier molecular flexibility index (Phi) is 33.2. The molecule has 0 fully saturated rings. The Morgan fingerprint density at radius 1 is 0.667 bits per heavy atom. The molecule has 0 rings (SSSR count). The SMILES string of the molecule is CCCCCC/C=C\C/C=C\CCCCCCCCCC(=O)NC(COP(=O)(O)OCC[N+](C)(C)C)C(O)/C=C/CC/C=C/CCCCCCC. The van der Waals surface area contributed by atoms with Gasteiger partial charge in [-0.05, 0) is 64.2 Å². The van der Waals surface area contributed by atoms with Crippen molar-refractivity contribution in [1.29, 1.82) is 0 Å². The summed E-state index contributed by atoms with van der Waals surface area (Å²) >= 11 is 0. The zero-order valence-electron chi connectivity index (χ0n) is 33.6. The number of phosphoric ester groups is 1. The summed E-state index contributed by atoms with van der Waals surface area (Å²) in [6.07, 6.45) is 41.8. The first-order valence-corrected chi connectivity index (χ1v) is 22.0. The molecule has 51 heavy (non-hydrogen) atoms. The van der Waals surface area contributed by atoms with Crippen LogP contribution in [0.1, 0.15) is 162 Å². The first-order chi connectivity index (χ1) is 24.5. The number of aliphatic hydroxyl groups excluding tert-OH is 1. The third kappa shape index (κ3) is 36.6. The van der Waals surface area contributed by atoms with Gasteiger partial charge in [0.15, 0.2) is 0 Å². The molecule has 298 valence electrons. The molecule has 3 atom stereocenters. The summed E-state index contributed by atoms with van der Waals surface area (Å²) in [5, 5.41) is 13.7. The fraction of sp³-hybridized carbons (Fsp3) is 0.786. The first kappa shape index (κ1) is 49.5. The Labute approximate surface area is 314 Å². The third-order valence-electron chi connectivity index (χ3n) is 8.77. The van der Waals surface area contributed by atoms with Crippen LogP contribution < -0.4 is 5.32 Å². The zero-order chi connectivity index (χ0) is 37.9. The van der Waals surface area contributed by atoms with Crippen LogP contribution in [0, 0.1) is 0 Å². The van der Waals surface area contributed by atoms with Gasteiger partial charge < -0.3 is 19.8 Å². The number of amides is 1. The van der Waals surface area contributed by atoms with Crippen molar-refractivity contribution >= 4 is 13.7 Å². The van der Waals surface area contributed by atoms with Gasteiger partial charge in [0, 0.05) is 6.42 Å². The summed E-state index contributed by atoms with van der Waals surface area (Å²) in [6.45, 7) is 4.72. The Hall–Kier alpha value is -1.54. The highest BCUT2D eigenvalue weighted by Gasteiger charge is 2.27. The molecule has 3 unspecified atom stereocenters. The van der Waals surface area contributed by atoms with Crippen LogP contribution in [-0.4, -0.2) is 73.4 Å². The van der Waals surface area contributed by atoms with E-state index in [1.807, 2.05) is 27.2 Å². The van der Waals surface area contributed by atoms with Crippen molar-refractivity contribution in [3.05, 3.63) is 48.6 Å². The van der Waals surface area contributed by atoms with Crippen molar-refractivity contribution in [2.24, 2.45) is 0 Å². The number of rotatable bonds is 36. The smallest absolute Gasteiger partial charge is 0.387 e. The van der Waals surface area contributed by atoms with E-state index in [2.05, 4.69) is 55.6 Å². The number of quaternary nitrogens is 1. The van der Waals surface area contributed by atoms with Crippen LogP contribution in [0.25, 0.3) is 0 Å². The molecule has 0 radical (unpaired) electrons. The van der Waals surface area contributed by atoms with Gasteiger partial charge >= 0.3 is 7.82 Å². The highest BCUT2D eigenvalue weighted by Crippen LogP contribution is 2.43. The average Bonchev–Trinajstić information content (AvgIpc) is 3.07. The highest BCUT2D eigenvalue weighted by atomic mass is 31.2. The number of carbonyl (C=O) groups is 1. The van der Waals surface area contributed by atoms with E-state index in [0.29, 0.717) is 17.4 Å². The standard InChI is InChI=1S/C42H79N2O6P/c1-6-8-10-12-14-16-18-19-20-21-22-23-24-26-28-30-32-34-36-42(46)43-40(39-50-51(47,48)49-38-37-44(3,4)5)41(45)35-33-31-29-27-25-17-15-13-11-9-7-2/h16,18,20-21,25,27,33,35,40-41,45H,6-15,17,19,22-24,26,28-32,34,36-39H2,1-5H3,(H-,43,46,47,48)/p+1/b18-16-,21-20-,27-25+,35-33+. The monoisotopic (exact) mass is 740 g/mol. The minimum absolute atomic E-state index is 0.0528. The van der Waals surface area contributed by atoms with Gasteiger partial charge in [-0.2, -0.15) is 0 Å². The van der Waals surface area contributed by atoms with Crippen molar-refractivity contribution in [3.63, 3.8) is 0 Å². The Morgan fingerprint density at radius 2 is 1.14 bits per heavy atom. The Morgan fingerprint density at radius 3 is 1.71 bits per heavy atom. The molecule has 0 bridgehead atoms. The maximum atomic E-state index is 12.8. The van der Waals surface area contributed by atoms with Gasteiger partial charge in [0.2, 0.25) is 5.91 Å². The second-order valence-electron chi connectivity index (χ2n) is 15.0. The number of nitrogens with zero attached hydrogens (tertiary/aromatic N) is 1. The summed E-state index contributed by atoms with van der Waals surface area (Å²) in [5.74, 6) is -0.199. The number of allylic oxidation sites excluding steroid dienone is 7. The first-order valence-electron chi connectivity index (χ1n) is 20.5. The maximum Gasteiger partial charge on any atom is 0.472 e. The van der Waals surface area contributed by atoms with E-state index in [9.17, 15) is 19.4 Å². The minimum Gasteiger partial charge on any atom is -0.387 e. The molecule has 1 amide bonds. The summed E-state index contributed by atoms with van der Waals surface area (Å²) in [4.78, 5) is 23.0. The molecule has 8 nitrogen and oxygen atoms in total. The largest absolute Gasteiger partial charge is 0.472 e. The number of hydrogen-bond donors (Lipinski definition) is 3. The molecule has 9 heteroatoms. The Balaban J connectivity index is 4.49. The number of hydrogen-bond acceptors (Lipinski definition) is 5. The van der Waals surface area contributed by atoms with Gasteiger partial charge in [-0.3, -0.25) is 13.8 Å². The molecule has 0 saturated heterocycles. The van der Waals surface area contributed by atoms with Crippen molar-refractivity contribution in [3.8, 4) is 0 Å². The minimum atomic E-state index is -4.34. The zero-order valence-corrected chi connectivity index (χ0v) is 34.5. The second-order valence-corrected chi connectivity index (χ2v) is 16.5. The highest BCUT2D eigenvalue weighted by molar-refractivity contribution is 7.47. The molecule has 0 heterocycles. The van der Waals surface area contributed by atoms with Crippen molar-refractivity contribution in [1.82, 2.24) is 5.32 Å². The Bertz CT molecular complexity index is 975. The van der Waals surface area contributed by atoms with E-state index >= 15 is 0 Å². The molecule has 0 aromatic carbocycles. The summed E-state index contributed by atoms with van der Waals surface area (Å²) in [5.41, 5.74) is 0. The fourth-order valence-electron chi connectivity index (χ4n) is 5.44. The topological polar surface area (TPSA) is 105 Å². The third-order valence-corrected chi connectivity index (χ3v) is 9.76. The van der Waals surface area contributed by atoms with Gasteiger partial charge in [-0.1, -0.05) is 140 Å². The van der Waals surface area contributed by atoms with Gasteiger partial charge in [-0.25, -0.2) is 4.57 Å². The van der Waals surface area contributed by atoms with Crippen LogP contribution >= 0.6 is 7.82 Å². The lowest BCUT2D eigenvalue weighted by molar-refractivity contribution is -0.870. The molecule has 3 N–H and O–H groups in total. The van der Waals surface area contributed by atoms with Crippen LogP contribution in [-0.2, 0) is 18.4 Å². The van der Waals surface area contributed by atoms with Crippen LogP contribution in [0.5, 0.6) is 0 Å². The van der Waals surface area contributed by atoms with Crippen molar-refractivity contribution in [2.75, 3.05) is 40.9 Å². The van der Waals surface area contributed by atoms with Gasteiger partial charge in [0.25, 0.3) is 0 Å². The normalized spacial score (nSPS) is 15.0. The number of phosphoric acid groups is 1. The molecular formula is C42H80N2O6P+. The number of nitrogens with one attached hydrogen (secondary N) is 1. The predicted octanol–water partition coefficient (Wildman–Crippen LogP) is 10.9. The van der Waals surface area contributed by atoms with E-state index in [-0.39, 0.29) is 19.1 Å². The molecule has 0 aromatic heterocycles. The van der Waals surface area contributed by atoms with Crippen LogP contribution in [0.15, 0.2) is 48.6 Å². The number of unbranched alkanes of at least 4 members (excludes halogenated alkanes) is 17. The summed E-state index contributed by atoms with van der Waals surface area (Å²) < 4.78 is 23.4. The fourth-order valence-corrected chi connectivity index (χ4v) is 6.17. The molecular weight excluding hydrogens is 659 g/mol. The lowest BCUT2D eigenvalue weighted by Crippen LogP contribution is -2.45. The molecule has 0 aliphatic rings. The van der Waals surface area contributed by atoms with Crippen LogP contribution in [0.2, 0.25) is 0 Å². The molecule has 0 aliphatic carbocycles. The number of likely N-dealkylation sites (N-methyl/N-ethyl adjacent to an activating group) is 1. The molecule has 0 saturated carbocycles. The lowest BCUT2D eigenvalue weighted by atomic mass is 10.1. The summed E-state index contributed by atoms with van der Waals surface area (Å²) in [6, 6.07) is -0.865. The van der Waals surface area contributed by atoms with Gasteiger partial charge in [0.05, 0.1) is 39.9 Å². The number of aliphatic hydroxyl groups is 1. The second kappa shape index (κ2) is 34.2. The quantitative estimate of drug-likeness (QED) is 0.0256. The van der Waals surface area contributed by atoms with Crippen LogP contribution in [0.3, 0.4) is 0 Å². The van der Waals surface area contributed by atoms with Crippen molar-refractivity contribution in [2.45, 2.75) is 174 Å². The van der Waals surface area contributed by atoms with Gasteiger partial charge in [0.1, 0.15) is 13.2 Å². The molecule has 0 aliphatic heterocycles. The van der Waals surface area contributed by atoms with Gasteiger partial charge in [-0.15, -0.1) is 0 Å². The maximum absolute atomic E-state index is 12.8. The van der Waals surface area contributed by atoms with E-state index < -0.39 is 20.0 Å². The molecule has 0 aromatic rings. The number of carbonyl (C=O) groups excluding carboxylic acids is 1. The van der Waals surface area contributed by atoms with E-state index in [1.54, 1.807) is 6.08 Å². The van der Waals surface area contributed by atoms with E-state index in [4.69, 9.17) is 9.05 Å². The predicted molar refractivity (Wildman–Crippen MR) is 217 cm³/mol. The van der Waals surface area contributed by atoms with E-state index in [1.165, 1.54) is 89.9 Å². The van der Waals surface area contributed by atoms with Crippen LogP contribution in [0.4, 0.5) is 0 Å².